The highest BCUT2D eigenvalue weighted by Crippen LogP contribution is 2.34. The Labute approximate surface area is 148 Å². The van der Waals surface area contributed by atoms with Crippen LogP contribution in [0.25, 0.3) is 0 Å². The minimum atomic E-state index is 0.702. The fourth-order valence-corrected chi connectivity index (χ4v) is 3.40. The van der Waals surface area contributed by atoms with Crippen LogP contribution in [0.15, 0.2) is 44.3 Å². The summed E-state index contributed by atoms with van der Waals surface area (Å²) < 4.78 is 7.58. The van der Waals surface area contributed by atoms with Gasteiger partial charge in [0.1, 0.15) is 5.75 Å². The molecule has 0 aliphatic heterocycles. The topological polar surface area (TPSA) is 21.6 Å². The SMILES string of the molecule is CCCOc1c(Br)cc(C=Nc2ccc(C)c(C)c2)cc1Br. The fraction of sp³-hybridized carbons (Fsp3) is 0.278. The summed E-state index contributed by atoms with van der Waals surface area (Å²) in [6.45, 7) is 6.99. The van der Waals surface area contributed by atoms with Crippen molar-refractivity contribution in [1.29, 1.82) is 0 Å². The molecule has 2 rings (SSSR count). The zero-order valence-electron chi connectivity index (χ0n) is 13.0. The lowest BCUT2D eigenvalue weighted by molar-refractivity contribution is 0.313. The molecule has 0 saturated carbocycles. The maximum atomic E-state index is 5.73. The molecule has 2 aromatic rings. The van der Waals surface area contributed by atoms with Crippen molar-refractivity contribution >= 4 is 43.8 Å². The molecule has 0 spiro atoms. The van der Waals surface area contributed by atoms with Crippen LogP contribution < -0.4 is 4.74 Å². The summed E-state index contributed by atoms with van der Waals surface area (Å²) in [6, 6.07) is 10.2. The molecule has 2 aromatic carbocycles. The molecule has 0 N–H and O–H groups in total. The highest BCUT2D eigenvalue weighted by molar-refractivity contribution is 9.11. The van der Waals surface area contributed by atoms with Gasteiger partial charge in [0.05, 0.1) is 21.2 Å². The van der Waals surface area contributed by atoms with E-state index in [0.717, 1.165) is 32.4 Å². The van der Waals surface area contributed by atoms with Gasteiger partial charge >= 0.3 is 0 Å². The van der Waals surface area contributed by atoms with Crippen LogP contribution in [0.4, 0.5) is 5.69 Å². The molecule has 0 aliphatic carbocycles. The number of hydrogen-bond donors (Lipinski definition) is 0. The molecule has 0 radical (unpaired) electrons. The first-order chi connectivity index (χ1) is 10.5. The molecule has 0 saturated heterocycles. The molecule has 0 amide bonds. The second kappa shape index (κ2) is 7.93. The number of nitrogens with zero attached hydrogens (tertiary/aromatic N) is 1. The molecule has 116 valence electrons. The highest BCUT2D eigenvalue weighted by atomic mass is 79.9. The number of benzene rings is 2. The minimum absolute atomic E-state index is 0.702. The minimum Gasteiger partial charge on any atom is -0.491 e. The van der Waals surface area contributed by atoms with Crippen LogP contribution in [0.3, 0.4) is 0 Å². The van der Waals surface area contributed by atoms with E-state index in [1.165, 1.54) is 11.1 Å². The maximum absolute atomic E-state index is 5.73. The third-order valence-corrected chi connectivity index (χ3v) is 4.50. The van der Waals surface area contributed by atoms with Crippen LogP contribution in [0.1, 0.15) is 30.0 Å². The van der Waals surface area contributed by atoms with Gasteiger partial charge in [0.15, 0.2) is 0 Å². The number of aliphatic imine (C=N–C) groups is 1. The molecule has 0 heterocycles. The quantitative estimate of drug-likeness (QED) is 0.511. The molecule has 4 heteroatoms. The summed E-state index contributed by atoms with van der Waals surface area (Å²) in [5.74, 6) is 0.838. The lowest BCUT2D eigenvalue weighted by atomic mass is 10.1. The van der Waals surface area contributed by atoms with Crippen molar-refractivity contribution in [3.63, 3.8) is 0 Å². The van der Waals surface area contributed by atoms with Gasteiger partial charge in [-0.25, -0.2) is 0 Å². The smallest absolute Gasteiger partial charge is 0.147 e. The normalized spacial score (nSPS) is 11.1. The van der Waals surface area contributed by atoms with Gasteiger partial charge in [0.25, 0.3) is 0 Å². The average molecular weight is 425 g/mol. The van der Waals surface area contributed by atoms with E-state index in [-0.39, 0.29) is 0 Å². The first kappa shape index (κ1) is 17.2. The molecular weight excluding hydrogens is 406 g/mol. The zero-order chi connectivity index (χ0) is 16.1. The van der Waals surface area contributed by atoms with E-state index in [1.54, 1.807) is 0 Å². The Morgan fingerprint density at radius 2 is 1.73 bits per heavy atom. The van der Waals surface area contributed by atoms with Gasteiger partial charge in [-0.2, -0.15) is 0 Å². The van der Waals surface area contributed by atoms with Crippen LogP contribution in [-0.2, 0) is 0 Å². The molecule has 0 atom stereocenters. The zero-order valence-corrected chi connectivity index (χ0v) is 16.2. The fourth-order valence-electron chi connectivity index (χ4n) is 1.95. The Bertz CT molecular complexity index is 672. The van der Waals surface area contributed by atoms with E-state index >= 15 is 0 Å². The Hall–Kier alpha value is -1.13. The molecule has 22 heavy (non-hydrogen) atoms. The van der Waals surface area contributed by atoms with Gasteiger partial charge in [-0.15, -0.1) is 0 Å². The Morgan fingerprint density at radius 1 is 1.05 bits per heavy atom. The van der Waals surface area contributed by atoms with Crippen LogP contribution in [-0.4, -0.2) is 12.8 Å². The van der Waals surface area contributed by atoms with Crippen LogP contribution in [0.2, 0.25) is 0 Å². The summed E-state index contributed by atoms with van der Waals surface area (Å²) in [5, 5.41) is 0. The highest BCUT2D eigenvalue weighted by Gasteiger charge is 2.08. The summed E-state index contributed by atoms with van der Waals surface area (Å²) in [4.78, 5) is 4.54. The Kier molecular flexibility index (Phi) is 6.21. The van der Waals surface area contributed by atoms with E-state index in [0.29, 0.717) is 6.61 Å². The number of halogens is 2. The monoisotopic (exact) mass is 423 g/mol. The predicted molar refractivity (Wildman–Crippen MR) is 101 cm³/mol. The van der Waals surface area contributed by atoms with E-state index in [9.17, 15) is 0 Å². The molecule has 0 aliphatic rings. The molecule has 0 fully saturated rings. The first-order valence-electron chi connectivity index (χ1n) is 7.24. The van der Waals surface area contributed by atoms with Crippen molar-refractivity contribution in [2.45, 2.75) is 27.2 Å². The van der Waals surface area contributed by atoms with Gasteiger partial charge in [0.2, 0.25) is 0 Å². The third kappa shape index (κ3) is 4.43. The second-order valence-corrected chi connectivity index (χ2v) is 6.90. The van der Waals surface area contributed by atoms with Crippen LogP contribution in [0.5, 0.6) is 5.75 Å². The molecular formula is C18H19Br2NO. The number of ether oxygens (including phenoxy) is 1. The van der Waals surface area contributed by atoms with E-state index in [1.807, 2.05) is 24.4 Å². The van der Waals surface area contributed by atoms with Crippen molar-refractivity contribution in [3.8, 4) is 5.75 Å². The van der Waals surface area contributed by atoms with E-state index in [4.69, 9.17) is 4.74 Å². The van der Waals surface area contributed by atoms with Crippen LogP contribution >= 0.6 is 31.9 Å². The Morgan fingerprint density at radius 3 is 2.32 bits per heavy atom. The third-order valence-electron chi connectivity index (χ3n) is 3.32. The van der Waals surface area contributed by atoms with Crippen molar-refractivity contribution in [1.82, 2.24) is 0 Å². The van der Waals surface area contributed by atoms with Gasteiger partial charge in [-0.1, -0.05) is 13.0 Å². The number of aryl methyl sites for hydroxylation is 2. The largest absolute Gasteiger partial charge is 0.491 e. The van der Waals surface area contributed by atoms with Crippen molar-refractivity contribution in [3.05, 3.63) is 56.0 Å². The van der Waals surface area contributed by atoms with Gasteiger partial charge in [-0.3, -0.25) is 4.99 Å². The summed E-state index contributed by atoms with van der Waals surface area (Å²) in [6.07, 6.45) is 2.85. The van der Waals surface area contributed by atoms with E-state index in [2.05, 4.69) is 69.8 Å². The van der Waals surface area contributed by atoms with Crippen molar-refractivity contribution in [2.24, 2.45) is 4.99 Å². The molecule has 2 nitrogen and oxygen atoms in total. The summed E-state index contributed by atoms with van der Waals surface area (Å²) >= 11 is 7.12. The molecule has 0 unspecified atom stereocenters. The van der Waals surface area contributed by atoms with E-state index < -0.39 is 0 Å². The van der Waals surface area contributed by atoms with Crippen LogP contribution in [0, 0.1) is 13.8 Å². The second-order valence-electron chi connectivity index (χ2n) is 5.19. The number of rotatable bonds is 5. The average Bonchev–Trinajstić information content (AvgIpc) is 2.48. The summed E-state index contributed by atoms with van der Waals surface area (Å²) in [7, 11) is 0. The number of hydrogen-bond acceptors (Lipinski definition) is 2. The Balaban J connectivity index is 2.22. The van der Waals surface area contributed by atoms with Crippen molar-refractivity contribution < 1.29 is 4.74 Å². The van der Waals surface area contributed by atoms with Gasteiger partial charge in [-0.05, 0) is 93.1 Å². The van der Waals surface area contributed by atoms with Crippen molar-refractivity contribution in [2.75, 3.05) is 6.61 Å². The predicted octanol–water partition coefficient (Wildman–Crippen LogP) is 6.37. The maximum Gasteiger partial charge on any atom is 0.147 e. The lowest BCUT2D eigenvalue weighted by Crippen LogP contribution is -1.97. The lowest BCUT2D eigenvalue weighted by Gasteiger charge is -2.10. The first-order valence-corrected chi connectivity index (χ1v) is 8.83. The summed E-state index contributed by atoms with van der Waals surface area (Å²) in [5.41, 5.74) is 4.50. The standard InChI is InChI=1S/C18H19Br2NO/c1-4-7-22-18-16(19)9-14(10-17(18)20)11-21-15-6-5-12(2)13(3)8-15/h5-6,8-11H,4,7H2,1-3H3. The van der Waals surface area contributed by atoms with Gasteiger partial charge < -0.3 is 4.74 Å². The molecule has 0 bridgehead atoms. The van der Waals surface area contributed by atoms with Gasteiger partial charge in [0, 0.05) is 6.21 Å². The molecule has 0 aromatic heterocycles.